The van der Waals surface area contributed by atoms with E-state index in [2.05, 4.69) is 20.8 Å². The van der Waals surface area contributed by atoms with Crippen molar-refractivity contribution in [2.75, 3.05) is 32.8 Å². The monoisotopic (exact) mass is 393 g/mol. The summed E-state index contributed by atoms with van der Waals surface area (Å²) in [4.78, 5) is 0. The molecule has 0 bridgehead atoms. The van der Waals surface area contributed by atoms with E-state index in [1.165, 1.54) is 101 Å². The summed E-state index contributed by atoms with van der Waals surface area (Å²) in [5.41, 5.74) is 0. The van der Waals surface area contributed by atoms with E-state index in [9.17, 15) is 0 Å². The van der Waals surface area contributed by atoms with Crippen LogP contribution in [-0.2, 0) is 0 Å². The van der Waals surface area contributed by atoms with Gasteiger partial charge >= 0.3 is 0 Å². The predicted molar refractivity (Wildman–Crippen MR) is 99.2 cm³/mol. The summed E-state index contributed by atoms with van der Waals surface area (Å²) in [7, 11) is 0. The molecule has 0 saturated heterocycles. The van der Waals surface area contributed by atoms with E-state index in [1.807, 2.05) is 0 Å². The highest BCUT2D eigenvalue weighted by molar-refractivity contribution is 4.52. The molecule has 0 aromatic carbocycles. The fraction of sp³-hybridized carbons (Fsp3) is 1.00. The first-order valence-corrected chi connectivity index (χ1v) is 10.2. The van der Waals surface area contributed by atoms with Crippen LogP contribution in [0.4, 0.5) is 0 Å². The Labute approximate surface area is 157 Å². The molecule has 0 aliphatic heterocycles. The minimum absolute atomic E-state index is 0. The Morgan fingerprint density at radius 2 is 0.870 bits per heavy atom. The second kappa shape index (κ2) is 18.7. The lowest BCUT2D eigenvalue weighted by Gasteiger charge is -2.39. The van der Waals surface area contributed by atoms with Crippen LogP contribution in [0.1, 0.15) is 97.8 Å². The summed E-state index contributed by atoms with van der Waals surface area (Å²) in [6, 6.07) is 0. The molecule has 0 radical (unpaired) electrons. The van der Waals surface area contributed by atoms with Gasteiger partial charge in [0.1, 0.15) is 0 Å². The quantitative estimate of drug-likeness (QED) is 0.297. The summed E-state index contributed by atoms with van der Waals surface area (Å²) < 4.78 is 1.34. The van der Waals surface area contributed by atoms with Gasteiger partial charge in [-0.3, -0.25) is 0 Å². The van der Waals surface area contributed by atoms with Crippen molar-refractivity contribution in [1.82, 2.24) is 0 Å². The maximum atomic E-state index is 9.13. The van der Waals surface area contributed by atoms with E-state index in [-0.39, 0.29) is 17.0 Å². The van der Waals surface area contributed by atoms with Crippen molar-refractivity contribution in [3.63, 3.8) is 0 Å². The number of hydrogen-bond acceptors (Lipinski definition) is 1. The lowest BCUT2D eigenvalue weighted by atomic mass is 10.1. The van der Waals surface area contributed by atoms with Gasteiger partial charge in [-0.2, -0.15) is 0 Å². The van der Waals surface area contributed by atoms with Crippen LogP contribution in [0, 0.1) is 0 Å². The molecule has 0 heterocycles. The van der Waals surface area contributed by atoms with Gasteiger partial charge in [-0.15, -0.1) is 0 Å². The van der Waals surface area contributed by atoms with Crippen molar-refractivity contribution in [1.29, 1.82) is 0 Å². The molecule has 0 aromatic heterocycles. The number of aliphatic hydroxyl groups is 1. The van der Waals surface area contributed by atoms with Gasteiger partial charge in [0.25, 0.3) is 0 Å². The number of halogens is 1. The molecule has 0 spiro atoms. The number of aliphatic hydroxyl groups excluding tert-OH is 1. The molecule has 142 valence electrons. The third-order valence-corrected chi connectivity index (χ3v) is 5.00. The highest BCUT2D eigenvalue weighted by Gasteiger charge is 2.25. The van der Waals surface area contributed by atoms with E-state index >= 15 is 0 Å². The topological polar surface area (TPSA) is 20.2 Å². The second-order valence-corrected chi connectivity index (χ2v) is 7.14. The lowest BCUT2D eigenvalue weighted by molar-refractivity contribution is -0.929. The van der Waals surface area contributed by atoms with Crippen molar-refractivity contribution >= 4 is 0 Å². The Balaban J connectivity index is 0. The maximum Gasteiger partial charge on any atom is 0.0787 e. The third-order valence-electron chi connectivity index (χ3n) is 5.00. The SMILES string of the molecule is CCCCCC[N+](CCCCC)(CCCCC)CCCCO.[Br-]. The molecule has 0 unspecified atom stereocenters. The molecule has 2 nitrogen and oxygen atoms in total. The van der Waals surface area contributed by atoms with Gasteiger partial charge in [-0.05, 0) is 51.4 Å². The fourth-order valence-electron chi connectivity index (χ4n) is 3.50. The zero-order chi connectivity index (χ0) is 16.5. The standard InChI is InChI=1S/C20H44NO.BrH/c1-4-7-10-13-18-21(16-11-8-5-2,17-12-9-6-3)19-14-15-20-22;/h22H,4-20H2,1-3H3;1H/q+1;/p-1. The van der Waals surface area contributed by atoms with E-state index in [0.717, 1.165) is 6.42 Å². The van der Waals surface area contributed by atoms with Gasteiger partial charge < -0.3 is 26.6 Å². The van der Waals surface area contributed by atoms with Crippen LogP contribution in [0.3, 0.4) is 0 Å². The first-order valence-electron chi connectivity index (χ1n) is 10.2. The minimum Gasteiger partial charge on any atom is -1.00 e. The van der Waals surface area contributed by atoms with Crippen molar-refractivity contribution in [2.24, 2.45) is 0 Å². The predicted octanol–water partition coefficient (Wildman–Crippen LogP) is 2.54. The van der Waals surface area contributed by atoms with E-state index < -0.39 is 0 Å². The number of nitrogens with zero attached hydrogens (tertiary/aromatic N) is 1. The van der Waals surface area contributed by atoms with Gasteiger partial charge in [-0.1, -0.05) is 46.5 Å². The van der Waals surface area contributed by atoms with Crippen molar-refractivity contribution < 1.29 is 26.6 Å². The Hall–Kier alpha value is 0.400. The number of unbranched alkanes of at least 4 members (excludes halogenated alkanes) is 8. The Morgan fingerprint density at radius 1 is 0.522 bits per heavy atom. The highest BCUT2D eigenvalue weighted by Crippen LogP contribution is 2.18. The van der Waals surface area contributed by atoms with Crippen molar-refractivity contribution in [3.05, 3.63) is 0 Å². The van der Waals surface area contributed by atoms with E-state index in [0.29, 0.717) is 6.61 Å². The summed E-state index contributed by atoms with van der Waals surface area (Å²) in [5, 5.41) is 9.13. The maximum absolute atomic E-state index is 9.13. The van der Waals surface area contributed by atoms with Crippen LogP contribution in [0.5, 0.6) is 0 Å². The molecule has 0 saturated carbocycles. The van der Waals surface area contributed by atoms with Gasteiger partial charge in [0.2, 0.25) is 0 Å². The molecule has 0 atom stereocenters. The van der Waals surface area contributed by atoms with Crippen LogP contribution in [0.15, 0.2) is 0 Å². The average molecular weight is 394 g/mol. The molecule has 1 N–H and O–H groups in total. The molecule has 3 heteroatoms. The highest BCUT2D eigenvalue weighted by atomic mass is 79.9. The zero-order valence-corrected chi connectivity index (χ0v) is 17.9. The normalized spacial score (nSPS) is 11.5. The Morgan fingerprint density at radius 3 is 1.26 bits per heavy atom. The van der Waals surface area contributed by atoms with Gasteiger partial charge in [0.15, 0.2) is 0 Å². The first kappa shape index (κ1) is 25.6. The van der Waals surface area contributed by atoms with Crippen LogP contribution in [0.25, 0.3) is 0 Å². The molecule has 23 heavy (non-hydrogen) atoms. The van der Waals surface area contributed by atoms with Crippen molar-refractivity contribution in [2.45, 2.75) is 97.8 Å². The molecular formula is C20H44BrNO. The van der Waals surface area contributed by atoms with Gasteiger partial charge in [0.05, 0.1) is 26.2 Å². The summed E-state index contributed by atoms with van der Waals surface area (Å²) >= 11 is 0. The van der Waals surface area contributed by atoms with Crippen molar-refractivity contribution in [3.8, 4) is 0 Å². The Kier molecular flexibility index (Phi) is 20.9. The van der Waals surface area contributed by atoms with Gasteiger partial charge in [0, 0.05) is 6.61 Å². The Bertz CT molecular complexity index is 197. The van der Waals surface area contributed by atoms with E-state index in [1.54, 1.807) is 0 Å². The average Bonchev–Trinajstić information content (AvgIpc) is 2.52. The van der Waals surface area contributed by atoms with Crippen LogP contribution >= 0.6 is 0 Å². The number of quaternary nitrogens is 1. The molecule has 0 rings (SSSR count). The molecule has 0 aliphatic carbocycles. The molecule has 0 aliphatic rings. The number of rotatable bonds is 17. The van der Waals surface area contributed by atoms with Crippen LogP contribution in [-0.4, -0.2) is 42.4 Å². The summed E-state index contributed by atoms with van der Waals surface area (Å²) in [5.74, 6) is 0. The molecule has 0 fully saturated rings. The summed E-state index contributed by atoms with van der Waals surface area (Å²) in [6.07, 6.45) is 15.9. The molecule has 0 amide bonds. The first-order chi connectivity index (χ1) is 10.7. The zero-order valence-electron chi connectivity index (χ0n) is 16.3. The summed E-state index contributed by atoms with van der Waals surface area (Å²) in [6.45, 7) is 12.7. The lowest BCUT2D eigenvalue weighted by Crippen LogP contribution is -3.00. The fourth-order valence-corrected chi connectivity index (χ4v) is 3.50. The van der Waals surface area contributed by atoms with Crippen LogP contribution in [0.2, 0.25) is 0 Å². The third kappa shape index (κ3) is 14.4. The number of hydrogen-bond donors (Lipinski definition) is 1. The molecule has 0 aromatic rings. The molecular weight excluding hydrogens is 350 g/mol. The van der Waals surface area contributed by atoms with Crippen LogP contribution < -0.4 is 17.0 Å². The van der Waals surface area contributed by atoms with Gasteiger partial charge in [-0.25, -0.2) is 0 Å². The van der Waals surface area contributed by atoms with E-state index in [4.69, 9.17) is 5.11 Å². The largest absolute Gasteiger partial charge is 1.00 e. The minimum atomic E-state index is 0. The smallest absolute Gasteiger partial charge is 0.0787 e. The second-order valence-electron chi connectivity index (χ2n) is 7.14.